The summed E-state index contributed by atoms with van der Waals surface area (Å²) in [4.78, 5) is 16.6. The van der Waals surface area contributed by atoms with E-state index in [-0.39, 0.29) is 17.9 Å². The molecule has 2 aromatic rings. The van der Waals surface area contributed by atoms with Crippen molar-refractivity contribution < 1.29 is 9.21 Å². The monoisotopic (exact) mass is 276 g/mol. The van der Waals surface area contributed by atoms with Crippen LogP contribution in [0.15, 0.2) is 10.5 Å². The molecule has 0 saturated heterocycles. The number of amides is 1. The van der Waals surface area contributed by atoms with Crippen LogP contribution in [0.3, 0.4) is 0 Å². The highest BCUT2D eigenvalue weighted by atomic mass is 16.3. The third kappa shape index (κ3) is 2.89. The molecule has 0 radical (unpaired) electrons. The van der Waals surface area contributed by atoms with Gasteiger partial charge in [0.15, 0.2) is 5.82 Å². The average Bonchev–Trinajstić information content (AvgIpc) is 2.91. The fourth-order valence-corrected chi connectivity index (χ4v) is 2.10. The van der Waals surface area contributed by atoms with E-state index in [2.05, 4.69) is 20.5 Å². The molecule has 2 rings (SSSR count). The Labute approximate surface area is 118 Å². The van der Waals surface area contributed by atoms with Crippen LogP contribution in [-0.4, -0.2) is 21.1 Å². The smallest absolute Gasteiger partial charge is 0.255 e. The van der Waals surface area contributed by atoms with Crippen molar-refractivity contribution >= 4 is 5.91 Å². The summed E-state index contributed by atoms with van der Waals surface area (Å²) in [5.41, 5.74) is 0.556. The number of furan rings is 1. The Kier molecular flexibility index (Phi) is 3.92. The molecule has 0 spiro atoms. The van der Waals surface area contributed by atoms with Gasteiger partial charge in [-0.2, -0.15) is 5.10 Å². The van der Waals surface area contributed by atoms with Crippen molar-refractivity contribution in [2.75, 3.05) is 0 Å². The Hall–Kier alpha value is -2.11. The molecule has 0 fully saturated rings. The highest BCUT2D eigenvalue weighted by Gasteiger charge is 2.24. The van der Waals surface area contributed by atoms with Crippen LogP contribution in [-0.2, 0) is 0 Å². The van der Waals surface area contributed by atoms with Gasteiger partial charge in [-0.1, -0.05) is 13.8 Å². The van der Waals surface area contributed by atoms with Gasteiger partial charge in [-0.25, -0.2) is 4.98 Å². The second-order valence-corrected chi connectivity index (χ2v) is 5.30. The molecule has 0 unspecified atom stereocenters. The molecule has 0 saturated carbocycles. The maximum atomic E-state index is 12.3. The first-order chi connectivity index (χ1) is 9.38. The second-order valence-electron chi connectivity index (χ2n) is 5.30. The van der Waals surface area contributed by atoms with E-state index in [0.29, 0.717) is 17.1 Å². The SMILES string of the molecule is Cc1nc([C@@H](NC(=O)c2cc(C)oc2C)C(C)C)n[nH]1. The summed E-state index contributed by atoms with van der Waals surface area (Å²) in [7, 11) is 0. The minimum Gasteiger partial charge on any atom is -0.466 e. The van der Waals surface area contributed by atoms with Crippen molar-refractivity contribution in [1.29, 1.82) is 0 Å². The maximum Gasteiger partial charge on any atom is 0.255 e. The van der Waals surface area contributed by atoms with Crippen LogP contribution in [0.25, 0.3) is 0 Å². The standard InChI is InChI=1S/C14H20N4O2/c1-7(2)12(13-15-10(5)17-18-13)16-14(19)11-6-8(3)20-9(11)4/h6-7,12H,1-5H3,(H,16,19)(H,15,17,18)/t12-/m0/s1. The number of nitrogens with zero attached hydrogens (tertiary/aromatic N) is 2. The van der Waals surface area contributed by atoms with Crippen LogP contribution in [0.5, 0.6) is 0 Å². The van der Waals surface area contributed by atoms with Crippen LogP contribution in [0.2, 0.25) is 0 Å². The molecule has 0 aliphatic carbocycles. The topological polar surface area (TPSA) is 83.8 Å². The summed E-state index contributed by atoms with van der Waals surface area (Å²) in [5.74, 6) is 2.69. The number of aromatic amines is 1. The number of H-pyrrole nitrogens is 1. The molecule has 0 aliphatic rings. The van der Waals surface area contributed by atoms with Crippen molar-refractivity contribution in [1.82, 2.24) is 20.5 Å². The van der Waals surface area contributed by atoms with E-state index in [0.717, 1.165) is 11.6 Å². The van der Waals surface area contributed by atoms with Crippen LogP contribution in [0.4, 0.5) is 0 Å². The fourth-order valence-electron chi connectivity index (χ4n) is 2.10. The first-order valence-electron chi connectivity index (χ1n) is 6.65. The molecule has 2 N–H and O–H groups in total. The second kappa shape index (κ2) is 5.48. The van der Waals surface area contributed by atoms with Gasteiger partial charge in [-0.15, -0.1) is 0 Å². The number of rotatable bonds is 4. The van der Waals surface area contributed by atoms with Crippen molar-refractivity contribution in [3.8, 4) is 0 Å². The van der Waals surface area contributed by atoms with Gasteiger partial charge in [0.05, 0.1) is 11.6 Å². The Morgan fingerprint density at radius 1 is 1.35 bits per heavy atom. The molecule has 2 heterocycles. The molecule has 0 aliphatic heterocycles. The number of hydrogen-bond acceptors (Lipinski definition) is 4. The number of aromatic nitrogens is 3. The number of aryl methyl sites for hydroxylation is 3. The summed E-state index contributed by atoms with van der Waals surface area (Å²) < 4.78 is 5.39. The molecular weight excluding hydrogens is 256 g/mol. The molecule has 108 valence electrons. The van der Waals surface area contributed by atoms with Crippen LogP contribution < -0.4 is 5.32 Å². The molecule has 1 amide bonds. The Bertz CT molecular complexity index is 612. The number of carbonyl (C=O) groups is 1. The molecule has 6 nitrogen and oxygen atoms in total. The van der Waals surface area contributed by atoms with Gasteiger partial charge in [0, 0.05) is 0 Å². The zero-order valence-electron chi connectivity index (χ0n) is 12.4. The lowest BCUT2D eigenvalue weighted by Crippen LogP contribution is -2.32. The quantitative estimate of drug-likeness (QED) is 0.898. The van der Waals surface area contributed by atoms with E-state index in [9.17, 15) is 4.79 Å². The van der Waals surface area contributed by atoms with E-state index in [4.69, 9.17) is 4.42 Å². The van der Waals surface area contributed by atoms with Gasteiger partial charge in [0.2, 0.25) is 0 Å². The largest absolute Gasteiger partial charge is 0.466 e. The predicted molar refractivity (Wildman–Crippen MR) is 74.3 cm³/mol. The average molecular weight is 276 g/mol. The van der Waals surface area contributed by atoms with Crippen molar-refractivity contribution in [2.45, 2.75) is 40.7 Å². The van der Waals surface area contributed by atoms with E-state index in [1.54, 1.807) is 13.0 Å². The van der Waals surface area contributed by atoms with Gasteiger partial charge in [-0.05, 0) is 32.8 Å². The molecule has 2 aromatic heterocycles. The molecule has 0 bridgehead atoms. The van der Waals surface area contributed by atoms with Gasteiger partial charge in [-0.3, -0.25) is 9.89 Å². The van der Waals surface area contributed by atoms with Gasteiger partial charge in [0.25, 0.3) is 5.91 Å². The van der Waals surface area contributed by atoms with Gasteiger partial charge < -0.3 is 9.73 Å². The van der Waals surface area contributed by atoms with Crippen molar-refractivity contribution in [3.05, 3.63) is 34.8 Å². The summed E-state index contributed by atoms with van der Waals surface area (Å²) in [6.45, 7) is 9.47. The number of hydrogen-bond donors (Lipinski definition) is 2. The fraction of sp³-hybridized carbons (Fsp3) is 0.500. The Morgan fingerprint density at radius 2 is 2.05 bits per heavy atom. The first kappa shape index (κ1) is 14.3. The van der Waals surface area contributed by atoms with Gasteiger partial charge in [0.1, 0.15) is 17.3 Å². The third-order valence-corrected chi connectivity index (χ3v) is 3.13. The van der Waals surface area contributed by atoms with Crippen LogP contribution in [0, 0.1) is 26.7 Å². The molecular formula is C14H20N4O2. The lowest BCUT2D eigenvalue weighted by molar-refractivity contribution is 0.0921. The lowest BCUT2D eigenvalue weighted by atomic mass is 10.0. The highest BCUT2D eigenvalue weighted by molar-refractivity contribution is 5.95. The Morgan fingerprint density at radius 3 is 2.50 bits per heavy atom. The normalized spacial score (nSPS) is 12.7. The van der Waals surface area contributed by atoms with E-state index in [1.165, 1.54) is 0 Å². The molecule has 1 atom stereocenters. The molecule has 20 heavy (non-hydrogen) atoms. The summed E-state index contributed by atoms with van der Waals surface area (Å²) in [6, 6.07) is 1.51. The minimum atomic E-state index is -0.234. The number of carbonyl (C=O) groups excluding carboxylic acids is 1. The molecule has 6 heteroatoms. The van der Waals surface area contributed by atoms with Crippen LogP contribution >= 0.6 is 0 Å². The Balaban J connectivity index is 2.21. The lowest BCUT2D eigenvalue weighted by Gasteiger charge is -2.19. The summed E-state index contributed by atoms with van der Waals surface area (Å²) in [6.07, 6.45) is 0. The predicted octanol–water partition coefficient (Wildman–Crippen LogP) is 2.45. The molecule has 0 aromatic carbocycles. The van der Waals surface area contributed by atoms with E-state index >= 15 is 0 Å². The van der Waals surface area contributed by atoms with E-state index in [1.807, 2.05) is 27.7 Å². The zero-order valence-corrected chi connectivity index (χ0v) is 12.4. The first-order valence-corrected chi connectivity index (χ1v) is 6.65. The summed E-state index contributed by atoms with van der Waals surface area (Å²) >= 11 is 0. The van der Waals surface area contributed by atoms with E-state index < -0.39 is 0 Å². The zero-order chi connectivity index (χ0) is 14.9. The van der Waals surface area contributed by atoms with Crippen molar-refractivity contribution in [3.63, 3.8) is 0 Å². The van der Waals surface area contributed by atoms with Crippen molar-refractivity contribution in [2.24, 2.45) is 5.92 Å². The summed E-state index contributed by atoms with van der Waals surface area (Å²) in [5, 5.41) is 9.91. The minimum absolute atomic E-state index is 0.166. The maximum absolute atomic E-state index is 12.3. The highest BCUT2D eigenvalue weighted by Crippen LogP contribution is 2.20. The van der Waals surface area contributed by atoms with Crippen LogP contribution in [0.1, 0.15) is 53.4 Å². The third-order valence-electron chi connectivity index (χ3n) is 3.13. The number of nitrogens with one attached hydrogen (secondary N) is 2. The van der Waals surface area contributed by atoms with Gasteiger partial charge >= 0.3 is 0 Å².